The van der Waals surface area contributed by atoms with E-state index in [0.29, 0.717) is 0 Å². The highest BCUT2D eigenvalue weighted by atomic mass is 19.4. The average Bonchev–Trinajstić information content (AvgIpc) is 2.47. The van der Waals surface area contributed by atoms with Crippen LogP contribution >= 0.6 is 0 Å². The number of hydrogen-bond donors (Lipinski definition) is 1. The predicted molar refractivity (Wildman–Crippen MR) is 72.0 cm³/mol. The number of rotatable bonds is 4. The number of hydrogen-bond acceptors (Lipinski definition) is 2. The van der Waals surface area contributed by atoms with Crippen LogP contribution in [0.25, 0.3) is 0 Å². The SMILES string of the molecule is O=C(COc1cccc(C(F)(F)F)c1)Nc1ccccc1F. The quantitative estimate of drug-likeness (QED) is 0.870. The fourth-order valence-corrected chi connectivity index (χ4v) is 1.66. The van der Waals surface area contributed by atoms with Gasteiger partial charge < -0.3 is 10.1 Å². The van der Waals surface area contributed by atoms with Crippen LogP contribution in [0.3, 0.4) is 0 Å². The lowest BCUT2D eigenvalue weighted by Crippen LogP contribution is -2.20. The fraction of sp³-hybridized carbons (Fsp3) is 0.133. The molecule has 2 aromatic rings. The normalized spacial score (nSPS) is 11.1. The van der Waals surface area contributed by atoms with E-state index in [1.165, 1.54) is 36.4 Å². The largest absolute Gasteiger partial charge is 0.484 e. The highest BCUT2D eigenvalue weighted by molar-refractivity contribution is 5.91. The van der Waals surface area contributed by atoms with Gasteiger partial charge in [0, 0.05) is 0 Å². The summed E-state index contributed by atoms with van der Waals surface area (Å²) in [4.78, 5) is 11.6. The molecular formula is C15H11F4NO2. The standard InChI is InChI=1S/C15H11F4NO2/c16-12-6-1-2-7-13(12)20-14(21)9-22-11-5-3-4-10(8-11)15(17,18)19/h1-8H,9H2,(H,20,21). The van der Waals surface area contributed by atoms with Crippen LogP contribution in [0, 0.1) is 5.82 Å². The molecule has 0 fully saturated rings. The molecule has 1 N–H and O–H groups in total. The summed E-state index contributed by atoms with van der Waals surface area (Å²) in [5.74, 6) is -1.39. The van der Waals surface area contributed by atoms with Gasteiger partial charge in [-0.2, -0.15) is 13.2 Å². The minimum absolute atomic E-state index is 0.0276. The number of anilines is 1. The molecule has 0 aliphatic carbocycles. The molecule has 2 aromatic carbocycles. The maximum atomic E-state index is 13.3. The van der Waals surface area contributed by atoms with Crippen molar-refractivity contribution in [1.29, 1.82) is 0 Å². The second kappa shape index (κ2) is 6.46. The number of carbonyl (C=O) groups excluding carboxylic acids is 1. The van der Waals surface area contributed by atoms with Crippen LogP contribution in [-0.2, 0) is 11.0 Å². The number of carbonyl (C=O) groups is 1. The number of halogens is 4. The van der Waals surface area contributed by atoms with E-state index in [1.54, 1.807) is 0 Å². The van der Waals surface area contributed by atoms with Gasteiger partial charge in [0.25, 0.3) is 5.91 Å². The Kier molecular flexibility index (Phi) is 4.65. The first-order valence-electron chi connectivity index (χ1n) is 6.21. The van der Waals surface area contributed by atoms with Crippen LogP contribution in [0.15, 0.2) is 48.5 Å². The zero-order chi connectivity index (χ0) is 16.2. The van der Waals surface area contributed by atoms with E-state index in [4.69, 9.17) is 4.74 Å². The molecule has 7 heteroatoms. The predicted octanol–water partition coefficient (Wildman–Crippen LogP) is 3.86. The van der Waals surface area contributed by atoms with Crippen molar-refractivity contribution in [3.8, 4) is 5.75 Å². The Labute approximate surface area is 123 Å². The highest BCUT2D eigenvalue weighted by Crippen LogP contribution is 2.31. The van der Waals surface area contributed by atoms with Gasteiger partial charge in [0.15, 0.2) is 6.61 Å². The van der Waals surface area contributed by atoms with Gasteiger partial charge in [-0.3, -0.25) is 4.79 Å². The van der Waals surface area contributed by atoms with E-state index in [9.17, 15) is 22.4 Å². The Morgan fingerprint density at radius 1 is 1.09 bits per heavy atom. The third-order valence-electron chi connectivity index (χ3n) is 2.68. The molecule has 0 saturated carbocycles. The first-order valence-corrected chi connectivity index (χ1v) is 6.21. The molecule has 0 aromatic heterocycles. The number of ether oxygens (including phenoxy) is 1. The zero-order valence-electron chi connectivity index (χ0n) is 11.2. The van der Waals surface area contributed by atoms with E-state index >= 15 is 0 Å². The van der Waals surface area contributed by atoms with Gasteiger partial charge in [-0.05, 0) is 30.3 Å². The van der Waals surface area contributed by atoms with Crippen LogP contribution in [0.5, 0.6) is 5.75 Å². The second-order valence-electron chi connectivity index (χ2n) is 4.34. The van der Waals surface area contributed by atoms with E-state index in [1.807, 2.05) is 0 Å². The van der Waals surface area contributed by atoms with Crippen LogP contribution in [0.2, 0.25) is 0 Å². The number of benzene rings is 2. The third-order valence-corrected chi connectivity index (χ3v) is 2.68. The Balaban J connectivity index is 1.96. The number of amides is 1. The maximum Gasteiger partial charge on any atom is 0.416 e. The molecule has 0 heterocycles. The lowest BCUT2D eigenvalue weighted by Gasteiger charge is -2.10. The third kappa shape index (κ3) is 4.21. The topological polar surface area (TPSA) is 38.3 Å². The summed E-state index contributed by atoms with van der Waals surface area (Å²) in [6.45, 7) is -0.532. The van der Waals surface area contributed by atoms with Crippen LogP contribution in [-0.4, -0.2) is 12.5 Å². The smallest absolute Gasteiger partial charge is 0.416 e. The Bertz CT molecular complexity index is 671. The minimum Gasteiger partial charge on any atom is -0.484 e. The van der Waals surface area contributed by atoms with Crippen molar-refractivity contribution < 1.29 is 27.1 Å². The molecule has 0 aliphatic rings. The Morgan fingerprint density at radius 3 is 2.50 bits per heavy atom. The molecule has 0 aliphatic heterocycles. The summed E-state index contributed by atoms with van der Waals surface area (Å²) in [5.41, 5.74) is -0.903. The van der Waals surface area contributed by atoms with Crippen molar-refractivity contribution in [2.24, 2.45) is 0 Å². The van der Waals surface area contributed by atoms with Gasteiger partial charge in [0.05, 0.1) is 11.3 Å². The van der Waals surface area contributed by atoms with Crippen molar-refractivity contribution >= 4 is 11.6 Å². The summed E-state index contributed by atoms with van der Waals surface area (Å²) in [7, 11) is 0. The van der Waals surface area contributed by atoms with Gasteiger partial charge >= 0.3 is 6.18 Å². The minimum atomic E-state index is -4.49. The molecule has 0 spiro atoms. The van der Waals surface area contributed by atoms with E-state index in [2.05, 4.69) is 5.32 Å². The van der Waals surface area contributed by atoms with Gasteiger partial charge in [0.1, 0.15) is 11.6 Å². The summed E-state index contributed by atoms with van der Waals surface area (Å²) in [6, 6.07) is 9.68. The van der Waals surface area contributed by atoms with Gasteiger partial charge in [0.2, 0.25) is 0 Å². The van der Waals surface area contributed by atoms with E-state index < -0.39 is 30.1 Å². The van der Waals surface area contributed by atoms with Gasteiger partial charge in [-0.25, -0.2) is 4.39 Å². The number of alkyl halides is 3. The van der Waals surface area contributed by atoms with E-state index in [-0.39, 0.29) is 11.4 Å². The lowest BCUT2D eigenvalue weighted by atomic mass is 10.2. The van der Waals surface area contributed by atoms with Crippen molar-refractivity contribution in [2.75, 3.05) is 11.9 Å². The van der Waals surface area contributed by atoms with E-state index in [0.717, 1.165) is 12.1 Å². The number of nitrogens with one attached hydrogen (secondary N) is 1. The fourth-order valence-electron chi connectivity index (χ4n) is 1.66. The molecule has 0 bridgehead atoms. The van der Waals surface area contributed by atoms with Crippen LogP contribution < -0.4 is 10.1 Å². The Morgan fingerprint density at radius 2 is 1.82 bits per heavy atom. The molecule has 0 unspecified atom stereocenters. The summed E-state index contributed by atoms with van der Waals surface area (Å²) >= 11 is 0. The molecular weight excluding hydrogens is 302 g/mol. The van der Waals surface area contributed by atoms with Gasteiger partial charge in [-0.15, -0.1) is 0 Å². The number of para-hydroxylation sites is 1. The van der Waals surface area contributed by atoms with Gasteiger partial charge in [-0.1, -0.05) is 18.2 Å². The molecule has 1 amide bonds. The maximum absolute atomic E-state index is 13.3. The zero-order valence-corrected chi connectivity index (χ0v) is 11.2. The first-order chi connectivity index (χ1) is 10.4. The van der Waals surface area contributed by atoms with Crippen molar-refractivity contribution in [3.63, 3.8) is 0 Å². The molecule has 0 saturated heterocycles. The molecule has 22 heavy (non-hydrogen) atoms. The highest BCUT2D eigenvalue weighted by Gasteiger charge is 2.30. The van der Waals surface area contributed by atoms with Crippen molar-refractivity contribution in [2.45, 2.75) is 6.18 Å². The summed E-state index contributed by atoms with van der Waals surface area (Å²) < 4.78 is 55.9. The van der Waals surface area contributed by atoms with Crippen molar-refractivity contribution in [1.82, 2.24) is 0 Å². The average molecular weight is 313 g/mol. The molecule has 3 nitrogen and oxygen atoms in total. The first kappa shape index (κ1) is 15.8. The van der Waals surface area contributed by atoms with Crippen LogP contribution in [0.1, 0.15) is 5.56 Å². The molecule has 0 atom stereocenters. The lowest BCUT2D eigenvalue weighted by molar-refractivity contribution is -0.137. The van der Waals surface area contributed by atoms with Crippen molar-refractivity contribution in [3.05, 3.63) is 59.9 Å². The summed E-state index contributed by atoms with van der Waals surface area (Å²) in [6.07, 6.45) is -4.49. The molecule has 0 radical (unpaired) electrons. The second-order valence-corrected chi connectivity index (χ2v) is 4.34. The molecule has 116 valence electrons. The monoisotopic (exact) mass is 313 g/mol. The molecule has 2 rings (SSSR count). The summed E-state index contributed by atoms with van der Waals surface area (Å²) in [5, 5.41) is 2.26. The Hall–Kier alpha value is -2.57. The van der Waals surface area contributed by atoms with Crippen LogP contribution in [0.4, 0.5) is 23.2 Å².